The van der Waals surface area contributed by atoms with Gasteiger partial charge in [0.15, 0.2) is 0 Å². The zero-order valence-electron chi connectivity index (χ0n) is 15.7. The first-order valence-corrected chi connectivity index (χ1v) is 9.54. The fourth-order valence-electron chi connectivity index (χ4n) is 4.04. The van der Waals surface area contributed by atoms with Gasteiger partial charge in [0.1, 0.15) is 0 Å². The van der Waals surface area contributed by atoms with Crippen LogP contribution in [0.1, 0.15) is 29.7 Å². The number of hydrogen-bond acceptors (Lipinski definition) is 2. The normalized spacial score (nSPS) is 13.7. The molecule has 0 bridgehead atoms. The molecule has 0 aliphatic heterocycles. The molecule has 0 radical (unpaired) electrons. The maximum atomic E-state index is 5.20. The van der Waals surface area contributed by atoms with Gasteiger partial charge >= 0.3 is 0 Å². The number of aryl methyl sites for hydroxylation is 1. The smallest absolute Gasteiger partial charge is 0.0756 e. The Morgan fingerprint density at radius 1 is 0.808 bits per heavy atom. The van der Waals surface area contributed by atoms with Crippen LogP contribution in [-0.2, 0) is 19.4 Å². The SMILES string of the molecule is CN(C)Cc1c(-c2ccccc2)nc2c(c1-c1ccccc1)CCCC2. The highest BCUT2D eigenvalue weighted by Crippen LogP contribution is 2.38. The fraction of sp³-hybridized carbons (Fsp3) is 0.292. The van der Waals surface area contributed by atoms with Crippen molar-refractivity contribution in [1.29, 1.82) is 0 Å². The van der Waals surface area contributed by atoms with Crippen molar-refractivity contribution in [2.24, 2.45) is 0 Å². The molecule has 1 heterocycles. The van der Waals surface area contributed by atoms with Crippen molar-refractivity contribution >= 4 is 0 Å². The van der Waals surface area contributed by atoms with E-state index in [0.717, 1.165) is 25.1 Å². The third-order valence-electron chi connectivity index (χ3n) is 5.16. The largest absolute Gasteiger partial charge is 0.305 e. The lowest BCUT2D eigenvalue weighted by Gasteiger charge is -2.26. The monoisotopic (exact) mass is 342 g/mol. The Bertz CT molecular complexity index is 883. The predicted octanol–water partition coefficient (Wildman–Crippen LogP) is 5.36. The van der Waals surface area contributed by atoms with E-state index in [-0.39, 0.29) is 0 Å². The molecule has 3 aromatic rings. The number of nitrogens with zero attached hydrogens (tertiary/aromatic N) is 2. The lowest BCUT2D eigenvalue weighted by Crippen LogP contribution is -2.17. The highest BCUT2D eigenvalue weighted by Gasteiger charge is 2.23. The van der Waals surface area contributed by atoms with E-state index >= 15 is 0 Å². The van der Waals surface area contributed by atoms with Gasteiger partial charge in [0.25, 0.3) is 0 Å². The van der Waals surface area contributed by atoms with Crippen LogP contribution in [0.5, 0.6) is 0 Å². The number of fused-ring (bicyclic) bond motifs is 1. The van der Waals surface area contributed by atoms with E-state index in [1.165, 1.54) is 46.4 Å². The summed E-state index contributed by atoms with van der Waals surface area (Å²) >= 11 is 0. The van der Waals surface area contributed by atoms with Crippen molar-refractivity contribution in [3.63, 3.8) is 0 Å². The molecule has 0 saturated carbocycles. The van der Waals surface area contributed by atoms with Gasteiger partial charge in [-0.05, 0) is 56.5 Å². The zero-order chi connectivity index (χ0) is 17.9. The maximum Gasteiger partial charge on any atom is 0.0756 e. The minimum Gasteiger partial charge on any atom is -0.305 e. The number of benzene rings is 2. The Hall–Kier alpha value is -2.45. The van der Waals surface area contributed by atoms with Crippen LogP contribution in [0, 0.1) is 0 Å². The van der Waals surface area contributed by atoms with Crippen LogP contribution >= 0.6 is 0 Å². The van der Waals surface area contributed by atoms with E-state index < -0.39 is 0 Å². The molecule has 2 nitrogen and oxygen atoms in total. The van der Waals surface area contributed by atoms with Gasteiger partial charge in [-0.3, -0.25) is 4.98 Å². The second kappa shape index (κ2) is 7.43. The van der Waals surface area contributed by atoms with Crippen LogP contribution in [0.25, 0.3) is 22.4 Å². The third-order valence-corrected chi connectivity index (χ3v) is 5.16. The second-order valence-electron chi connectivity index (χ2n) is 7.42. The Morgan fingerprint density at radius 2 is 1.42 bits per heavy atom. The minimum absolute atomic E-state index is 0.898. The number of rotatable bonds is 4. The van der Waals surface area contributed by atoms with Crippen LogP contribution in [0.15, 0.2) is 60.7 Å². The van der Waals surface area contributed by atoms with Crippen molar-refractivity contribution in [2.45, 2.75) is 32.2 Å². The molecule has 2 aromatic carbocycles. The number of pyridine rings is 1. The minimum atomic E-state index is 0.898. The quantitative estimate of drug-likeness (QED) is 0.635. The van der Waals surface area contributed by atoms with Gasteiger partial charge in [-0.25, -0.2) is 0 Å². The van der Waals surface area contributed by atoms with Crippen molar-refractivity contribution < 1.29 is 0 Å². The molecule has 0 unspecified atom stereocenters. The Labute approximate surface area is 156 Å². The van der Waals surface area contributed by atoms with Gasteiger partial charge in [-0.1, -0.05) is 60.7 Å². The van der Waals surface area contributed by atoms with Gasteiger partial charge in [-0.2, -0.15) is 0 Å². The van der Waals surface area contributed by atoms with E-state index in [4.69, 9.17) is 4.98 Å². The summed E-state index contributed by atoms with van der Waals surface area (Å²) < 4.78 is 0. The van der Waals surface area contributed by atoms with Gasteiger partial charge in [-0.15, -0.1) is 0 Å². The molecule has 1 aromatic heterocycles. The zero-order valence-corrected chi connectivity index (χ0v) is 15.7. The summed E-state index contributed by atoms with van der Waals surface area (Å²) in [4.78, 5) is 7.45. The number of aromatic nitrogens is 1. The van der Waals surface area contributed by atoms with Crippen molar-refractivity contribution in [2.75, 3.05) is 14.1 Å². The average Bonchev–Trinajstić information content (AvgIpc) is 2.68. The van der Waals surface area contributed by atoms with E-state index in [1.54, 1.807) is 0 Å². The molecule has 0 amide bonds. The van der Waals surface area contributed by atoms with Crippen LogP contribution in [-0.4, -0.2) is 24.0 Å². The summed E-state index contributed by atoms with van der Waals surface area (Å²) in [7, 11) is 4.28. The molecular formula is C24H26N2. The summed E-state index contributed by atoms with van der Waals surface area (Å²) in [5.74, 6) is 0. The van der Waals surface area contributed by atoms with Crippen molar-refractivity contribution in [3.05, 3.63) is 77.5 Å². The second-order valence-corrected chi connectivity index (χ2v) is 7.42. The molecule has 1 aliphatic rings. The first-order chi connectivity index (χ1) is 12.7. The van der Waals surface area contributed by atoms with Crippen molar-refractivity contribution in [1.82, 2.24) is 9.88 Å². The molecule has 26 heavy (non-hydrogen) atoms. The van der Waals surface area contributed by atoms with Gasteiger partial charge in [0.05, 0.1) is 5.69 Å². The summed E-state index contributed by atoms with van der Waals surface area (Å²) in [5, 5.41) is 0. The van der Waals surface area contributed by atoms with Crippen molar-refractivity contribution in [3.8, 4) is 22.4 Å². The molecule has 2 heteroatoms. The fourth-order valence-corrected chi connectivity index (χ4v) is 4.04. The molecule has 4 rings (SSSR count). The summed E-state index contributed by atoms with van der Waals surface area (Å²) in [6.45, 7) is 0.898. The lowest BCUT2D eigenvalue weighted by molar-refractivity contribution is 0.402. The summed E-state index contributed by atoms with van der Waals surface area (Å²) in [6, 6.07) is 21.6. The first-order valence-electron chi connectivity index (χ1n) is 9.54. The summed E-state index contributed by atoms with van der Waals surface area (Å²) in [6.07, 6.45) is 4.75. The van der Waals surface area contributed by atoms with Crippen LogP contribution in [0.3, 0.4) is 0 Å². The number of hydrogen-bond donors (Lipinski definition) is 0. The van der Waals surface area contributed by atoms with Crippen LogP contribution < -0.4 is 0 Å². The van der Waals surface area contributed by atoms with Crippen LogP contribution in [0.2, 0.25) is 0 Å². The average molecular weight is 342 g/mol. The standard InChI is InChI=1S/C24H26N2/c1-26(2)17-21-23(18-11-5-3-6-12-18)20-15-9-10-16-22(20)25-24(21)19-13-7-4-8-14-19/h3-8,11-14H,9-10,15-17H2,1-2H3. The molecule has 0 spiro atoms. The maximum absolute atomic E-state index is 5.20. The highest BCUT2D eigenvalue weighted by molar-refractivity contribution is 5.79. The van der Waals surface area contributed by atoms with E-state index in [9.17, 15) is 0 Å². The predicted molar refractivity (Wildman–Crippen MR) is 109 cm³/mol. The Balaban J connectivity index is 2.03. The Morgan fingerprint density at radius 3 is 2.08 bits per heavy atom. The Kier molecular flexibility index (Phi) is 4.85. The lowest BCUT2D eigenvalue weighted by atomic mass is 9.84. The molecule has 0 saturated heterocycles. The molecular weight excluding hydrogens is 316 g/mol. The van der Waals surface area contributed by atoms with E-state index in [0.29, 0.717) is 0 Å². The molecule has 132 valence electrons. The van der Waals surface area contributed by atoms with Gasteiger partial charge in [0.2, 0.25) is 0 Å². The topological polar surface area (TPSA) is 16.1 Å². The molecule has 1 aliphatic carbocycles. The molecule has 0 atom stereocenters. The first kappa shape index (κ1) is 17.0. The van der Waals surface area contributed by atoms with Gasteiger partial charge < -0.3 is 4.90 Å². The molecule has 0 N–H and O–H groups in total. The van der Waals surface area contributed by atoms with E-state index in [1.807, 2.05) is 0 Å². The summed E-state index contributed by atoms with van der Waals surface area (Å²) in [5.41, 5.74) is 9.24. The van der Waals surface area contributed by atoms with Crippen LogP contribution in [0.4, 0.5) is 0 Å². The van der Waals surface area contributed by atoms with E-state index in [2.05, 4.69) is 79.7 Å². The third kappa shape index (κ3) is 3.30. The van der Waals surface area contributed by atoms with Gasteiger partial charge in [0, 0.05) is 23.4 Å². The molecule has 0 fully saturated rings. The highest BCUT2D eigenvalue weighted by atomic mass is 15.1.